The van der Waals surface area contributed by atoms with E-state index in [1.54, 1.807) is 0 Å². The summed E-state index contributed by atoms with van der Waals surface area (Å²) >= 11 is 0. The summed E-state index contributed by atoms with van der Waals surface area (Å²) in [5.41, 5.74) is 1.74. The number of nitriles is 1. The number of nitrogens with one attached hydrogen (secondary N) is 1. The molecule has 124 valence electrons. The Hall–Kier alpha value is -1.50. The van der Waals surface area contributed by atoms with Gasteiger partial charge < -0.3 is 10.1 Å². The summed E-state index contributed by atoms with van der Waals surface area (Å²) in [4.78, 5) is 0. The van der Waals surface area contributed by atoms with Crippen LogP contribution in [-0.4, -0.2) is 19.2 Å². The van der Waals surface area contributed by atoms with Crippen LogP contribution in [0.5, 0.6) is 5.75 Å². The van der Waals surface area contributed by atoms with Crippen molar-refractivity contribution in [3.63, 3.8) is 0 Å². The van der Waals surface area contributed by atoms with Gasteiger partial charge in [0.15, 0.2) is 0 Å². The number of nitrogens with zero attached hydrogens (tertiary/aromatic N) is 1. The van der Waals surface area contributed by atoms with Crippen LogP contribution in [0.1, 0.15) is 49.7 Å². The summed E-state index contributed by atoms with van der Waals surface area (Å²) in [5.74, 6) is 0.896. The molecule has 0 radical (unpaired) electrons. The van der Waals surface area contributed by atoms with Crippen molar-refractivity contribution < 1.29 is 4.74 Å². The van der Waals surface area contributed by atoms with Gasteiger partial charge in [0, 0.05) is 5.56 Å². The van der Waals surface area contributed by atoms with Crippen molar-refractivity contribution in [3.05, 3.63) is 35.9 Å². The van der Waals surface area contributed by atoms with Crippen molar-refractivity contribution in [3.8, 4) is 11.8 Å². The molecular weight excluding hydrogens is 308 g/mol. The largest absolute Gasteiger partial charge is 0.490 e. The number of hydrogen-bond acceptors (Lipinski definition) is 3. The van der Waals surface area contributed by atoms with Gasteiger partial charge >= 0.3 is 0 Å². The van der Waals surface area contributed by atoms with Crippen LogP contribution in [-0.2, 0) is 5.41 Å². The van der Waals surface area contributed by atoms with Gasteiger partial charge in [-0.1, -0.05) is 24.8 Å². The predicted molar refractivity (Wildman–Crippen MR) is 96.1 cm³/mol. The molecule has 1 aliphatic carbocycles. The topological polar surface area (TPSA) is 45.0 Å². The average Bonchev–Trinajstić information content (AvgIpc) is 3.08. The molecule has 0 unspecified atom stereocenters. The van der Waals surface area contributed by atoms with E-state index in [0.29, 0.717) is 6.10 Å². The summed E-state index contributed by atoms with van der Waals surface area (Å²) in [5, 5.41) is 13.1. The van der Waals surface area contributed by atoms with Gasteiger partial charge in [-0.25, -0.2) is 0 Å². The van der Waals surface area contributed by atoms with Crippen LogP contribution in [0, 0.1) is 11.3 Å². The minimum absolute atomic E-state index is 0. The Kier molecular flexibility index (Phi) is 6.10. The van der Waals surface area contributed by atoms with E-state index in [0.717, 1.165) is 55.6 Å². The van der Waals surface area contributed by atoms with Crippen molar-refractivity contribution in [2.75, 3.05) is 13.1 Å². The highest BCUT2D eigenvalue weighted by atomic mass is 35.5. The highest BCUT2D eigenvalue weighted by Gasteiger charge is 2.34. The zero-order valence-electron chi connectivity index (χ0n) is 13.5. The average molecular weight is 333 g/mol. The Morgan fingerprint density at radius 1 is 1.26 bits per heavy atom. The molecule has 1 N–H and O–H groups in total. The van der Waals surface area contributed by atoms with Crippen LogP contribution in [0.3, 0.4) is 0 Å². The number of hydrogen-bond donors (Lipinski definition) is 1. The third-order valence-corrected chi connectivity index (χ3v) is 5.05. The van der Waals surface area contributed by atoms with Gasteiger partial charge in [0.2, 0.25) is 0 Å². The lowest BCUT2D eigenvalue weighted by molar-refractivity contribution is 0.209. The Morgan fingerprint density at radius 3 is 2.57 bits per heavy atom. The standard InChI is InChI=1S/C19H24N2O.ClH/c1-2-15-7-8-16(19(14-20)9-11-21-12-10-19)13-18(15)22-17-5-3-4-6-17;/h2,7-8,13,17,21H,1,3-6,9-12H2;1H. The number of ether oxygens (including phenoxy) is 1. The van der Waals surface area contributed by atoms with Crippen LogP contribution in [0.2, 0.25) is 0 Å². The molecule has 1 saturated heterocycles. The smallest absolute Gasteiger partial charge is 0.127 e. The lowest BCUT2D eigenvalue weighted by Crippen LogP contribution is -2.38. The quantitative estimate of drug-likeness (QED) is 0.898. The van der Waals surface area contributed by atoms with E-state index < -0.39 is 0 Å². The van der Waals surface area contributed by atoms with Crippen LogP contribution < -0.4 is 10.1 Å². The van der Waals surface area contributed by atoms with Crippen molar-refractivity contribution in [1.82, 2.24) is 5.32 Å². The minimum atomic E-state index is -0.376. The summed E-state index contributed by atoms with van der Waals surface area (Å²) in [6, 6.07) is 8.78. The third kappa shape index (κ3) is 3.71. The molecule has 2 aliphatic rings. The number of rotatable bonds is 4. The summed E-state index contributed by atoms with van der Waals surface area (Å²) in [7, 11) is 0. The van der Waals surface area contributed by atoms with Crippen LogP contribution in [0.15, 0.2) is 24.8 Å². The molecule has 0 amide bonds. The number of halogens is 1. The second-order valence-electron chi connectivity index (χ2n) is 6.42. The fourth-order valence-electron chi connectivity index (χ4n) is 3.61. The second-order valence-corrected chi connectivity index (χ2v) is 6.42. The van der Waals surface area contributed by atoms with Gasteiger partial charge in [0.05, 0.1) is 17.6 Å². The van der Waals surface area contributed by atoms with Gasteiger partial charge in [-0.3, -0.25) is 0 Å². The first-order chi connectivity index (χ1) is 10.8. The molecule has 0 aromatic heterocycles. The van der Waals surface area contributed by atoms with E-state index >= 15 is 0 Å². The fourth-order valence-corrected chi connectivity index (χ4v) is 3.61. The monoisotopic (exact) mass is 332 g/mol. The predicted octanol–water partition coefficient (Wildman–Crippen LogP) is 4.22. The van der Waals surface area contributed by atoms with Crippen LogP contribution >= 0.6 is 12.4 Å². The molecule has 1 saturated carbocycles. The van der Waals surface area contributed by atoms with Crippen molar-refractivity contribution in [2.24, 2.45) is 0 Å². The fraction of sp³-hybridized carbons (Fsp3) is 0.526. The zero-order valence-corrected chi connectivity index (χ0v) is 14.3. The van der Waals surface area contributed by atoms with Crippen LogP contribution in [0.4, 0.5) is 0 Å². The Bertz CT molecular complexity index is 582. The highest BCUT2D eigenvalue weighted by molar-refractivity contribution is 5.85. The lowest BCUT2D eigenvalue weighted by Gasteiger charge is -2.32. The second kappa shape index (κ2) is 7.86. The third-order valence-electron chi connectivity index (χ3n) is 5.05. The van der Waals surface area contributed by atoms with Gasteiger partial charge in [-0.15, -0.1) is 12.4 Å². The van der Waals surface area contributed by atoms with Crippen molar-refractivity contribution in [2.45, 2.75) is 50.0 Å². The molecule has 3 nitrogen and oxygen atoms in total. The molecule has 3 rings (SSSR count). The molecule has 1 heterocycles. The molecule has 1 aromatic rings. The summed E-state index contributed by atoms with van der Waals surface area (Å²) in [6.45, 7) is 5.69. The van der Waals surface area contributed by atoms with Gasteiger partial charge in [-0.05, 0) is 63.2 Å². The molecule has 1 aromatic carbocycles. The maximum atomic E-state index is 9.76. The normalized spacial score (nSPS) is 20.3. The maximum Gasteiger partial charge on any atom is 0.127 e. The first-order valence-electron chi connectivity index (χ1n) is 8.33. The number of benzene rings is 1. The van der Waals surface area contributed by atoms with Crippen LogP contribution in [0.25, 0.3) is 6.08 Å². The number of piperidine rings is 1. The Labute approximate surface area is 145 Å². The van der Waals surface area contributed by atoms with Gasteiger partial charge in [-0.2, -0.15) is 5.26 Å². The lowest BCUT2D eigenvalue weighted by atomic mass is 9.74. The molecule has 1 aliphatic heterocycles. The molecule has 4 heteroatoms. The summed E-state index contributed by atoms with van der Waals surface area (Å²) in [6.07, 6.45) is 8.65. The molecule has 0 spiro atoms. The minimum Gasteiger partial charge on any atom is -0.490 e. The SMILES string of the molecule is C=Cc1ccc(C2(C#N)CCNCC2)cc1OC1CCCC1.Cl. The van der Waals surface area contributed by atoms with E-state index in [9.17, 15) is 5.26 Å². The molecular formula is C19H25ClN2O. The van der Waals surface area contributed by atoms with Crippen molar-refractivity contribution >= 4 is 18.5 Å². The molecule has 0 bridgehead atoms. The Morgan fingerprint density at radius 2 is 1.96 bits per heavy atom. The summed E-state index contributed by atoms with van der Waals surface area (Å²) < 4.78 is 6.22. The molecule has 2 fully saturated rings. The van der Waals surface area contributed by atoms with E-state index in [1.807, 2.05) is 12.1 Å². The highest BCUT2D eigenvalue weighted by Crippen LogP contribution is 2.37. The van der Waals surface area contributed by atoms with E-state index in [1.165, 1.54) is 12.8 Å². The Balaban J connectivity index is 0.00000192. The van der Waals surface area contributed by atoms with Gasteiger partial charge in [0.25, 0.3) is 0 Å². The zero-order chi connectivity index (χ0) is 15.4. The first-order valence-corrected chi connectivity index (χ1v) is 8.33. The van der Waals surface area contributed by atoms with E-state index in [2.05, 4.69) is 30.1 Å². The molecule has 23 heavy (non-hydrogen) atoms. The first kappa shape index (κ1) is 17.8. The van der Waals surface area contributed by atoms with Gasteiger partial charge in [0.1, 0.15) is 5.75 Å². The van der Waals surface area contributed by atoms with E-state index in [-0.39, 0.29) is 17.8 Å². The maximum absolute atomic E-state index is 9.76. The van der Waals surface area contributed by atoms with E-state index in [4.69, 9.17) is 4.74 Å². The molecule has 0 atom stereocenters. The van der Waals surface area contributed by atoms with Crippen molar-refractivity contribution in [1.29, 1.82) is 5.26 Å².